The van der Waals surface area contributed by atoms with E-state index in [1.807, 2.05) is 0 Å². The van der Waals surface area contributed by atoms with Crippen molar-refractivity contribution in [1.82, 2.24) is 0 Å². The normalized spacial score (nSPS) is 11.5. The Morgan fingerprint density at radius 2 is 1.07 bits per heavy atom. The first kappa shape index (κ1) is 17.5. The molecule has 0 unspecified atom stereocenters. The zero-order valence-electron chi connectivity index (χ0n) is 16.1. The van der Waals surface area contributed by atoms with E-state index in [0.717, 1.165) is 37.9 Å². The van der Waals surface area contributed by atoms with Crippen LogP contribution in [0.5, 0.6) is 0 Å². The highest BCUT2D eigenvalue weighted by Gasteiger charge is 2.22. The summed E-state index contributed by atoms with van der Waals surface area (Å²) in [6.45, 7) is 0. The summed E-state index contributed by atoms with van der Waals surface area (Å²) in [4.78, 5) is 0. The minimum atomic E-state index is 0.908. The summed E-state index contributed by atoms with van der Waals surface area (Å²) >= 11 is 3.55. The molecule has 0 amide bonds. The summed E-state index contributed by atoms with van der Waals surface area (Å²) in [6, 6.07) is 36.0. The zero-order valence-corrected chi connectivity index (χ0v) is 17.7. The monoisotopic (exact) mass is 448 g/mol. The second-order valence-electron chi connectivity index (χ2n) is 7.47. The highest BCUT2D eigenvalue weighted by atomic mass is 79.9. The van der Waals surface area contributed by atoms with Crippen LogP contribution < -0.4 is 0 Å². The van der Waals surface area contributed by atoms with Crippen molar-refractivity contribution in [2.24, 2.45) is 0 Å². The maximum atomic E-state index is 6.69. The third-order valence-corrected chi connectivity index (χ3v) is 6.26. The predicted molar refractivity (Wildman–Crippen MR) is 130 cm³/mol. The van der Waals surface area contributed by atoms with Gasteiger partial charge in [-0.05, 0) is 33.9 Å². The lowest BCUT2D eigenvalue weighted by Gasteiger charge is -2.08. The van der Waals surface area contributed by atoms with Gasteiger partial charge in [-0.25, -0.2) is 0 Å². The Hall–Kier alpha value is -3.36. The molecule has 1 heterocycles. The van der Waals surface area contributed by atoms with Crippen LogP contribution in [0.25, 0.3) is 55.0 Å². The topological polar surface area (TPSA) is 13.1 Å². The fourth-order valence-electron chi connectivity index (χ4n) is 4.41. The molecule has 0 saturated heterocycles. The fourth-order valence-corrected chi connectivity index (χ4v) is 4.68. The van der Waals surface area contributed by atoms with Gasteiger partial charge in [-0.15, -0.1) is 0 Å². The van der Waals surface area contributed by atoms with Gasteiger partial charge in [0, 0.05) is 26.4 Å². The second kappa shape index (κ2) is 6.86. The number of halogens is 1. The van der Waals surface area contributed by atoms with Gasteiger partial charge in [0.1, 0.15) is 11.3 Å². The van der Waals surface area contributed by atoms with E-state index in [9.17, 15) is 0 Å². The fraction of sp³-hybridized carbons (Fsp3) is 0. The van der Waals surface area contributed by atoms with Crippen molar-refractivity contribution in [3.63, 3.8) is 0 Å². The van der Waals surface area contributed by atoms with E-state index < -0.39 is 0 Å². The smallest absolute Gasteiger partial charge is 0.143 e. The molecule has 30 heavy (non-hydrogen) atoms. The molecule has 1 nitrogen and oxygen atoms in total. The van der Waals surface area contributed by atoms with E-state index in [-0.39, 0.29) is 0 Å². The van der Waals surface area contributed by atoms with Gasteiger partial charge in [0.2, 0.25) is 0 Å². The molecule has 0 aliphatic carbocycles. The maximum Gasteiger partial charge on any atom is 0.143 e. The van der Waals surface area contributed by atoms with E-state index in [1.54, 1.807) is 0 Å². The van der Waals surface area contributed by atoms with Crippen molar-refractivity contribution in [3.05, 3.63) is 108 Å². The molecule has 0 N–H and O–H groups in total. The Labute approximate surface area is 182 Å². The quantitative estimate of drug-likeness (QED) is 0.241. The van der Waals surface area contributed by atoms with E-state index in [1.165, 1.54) is 21.5 Å². The van der Waals surface area contributed by atoms with Gasteiger partial charge in [0.05, 0.1) is 0 Å². The Kier molecular flexibility index (Phi) is 4.00. The highest BCUT2D eigenvalue weighted by molar-refractivity contribution is 9.10. The molecule has 0 radical (unpaired) electrons. The molecule has 0 saturated carbocycles. The van der Waals surface area contributed by atoms with Crippen LogP contribution >= 0.6 is 15.9 Å². The predicted octanol–water partition coefficient (Wildman–Crippen LogP) is 8.84. The molecule has 0 bridgehead atoms. The van der Waals surface area contributed by atoms with Gasteiger partial charge in [0.25, 0.3) is 0 Å². The van der Waals surface area contributed by atoms with Crippen LogP contribution in [0.2, 0.25) is 0 Å². The Morgan fingerprint density at radius 3 is 1.77 bits per heavy atom. The first-order chi connectivity index (χ1) is 14.8. The molecule has 5 aromatic carbocycles. The molecule has 6 aromatic rings. The van der Waals surface area contributed by atoms with Crippen molar-refractivity contribution >= 4 is 48.4 Å². The summed E-state index contributed by atoms with van der Waals surface area (Å²) in [5.41, 5.74) is 4.33. The van der Waals surface area contributed by atoms with Gasteiger partial charge in [-0.2, -0.15) is 0 Å². The van der Waals surface area contributed by atoms with Gasteiger partial charge in [-0.3, -0.25) is 0 Å². The summed E-state index contributed by atoms with van der Waals surface area (Å²) in [5.74, 6) is 0.908. The number of furan rings is 1. The molecule has 0 aliphatic heterocycles. The average molecular weight is 449 g/mol. The molecule has 142 valence electrons. The molecular weight excluding hydrogens is 432 g/mol. The van der Waals surface area contributed by atoms with Crippen molar-refractivity contribution in [1.29, 1.82) is 0 Å². The van der Waals surface area contributed by atoms with Crippen molar-refractivity contribution in [2.45, 2.75) is 0 Å². The van der Waals surface area contributed by atoms with Crippen LogP contribution in [-0.4, -0.2) is 0 Å². The minimum Gasteiger partial charge on any atom is -0.455 e. The van der Waals surface area contributed by atoms with E-state index in [0.29, 0.717) is 0 Å². The van der Waals surface area contributed by atoms with Gasteiger partial charge in [-0.1, -0.05) is 107 Å². The Balaban J connectivity index is 1.87. The highest BCUT2D eigenvalue weighted by Crippen LogP contribution is 2.47. The van der Waals surface area contributed by atoms with E-state index in [2.05, 4.69) is 119 Å². The molecule has 6 rings (SSSR count). The summed E-state index contributed by atoms with van der Waals surface area (Å²) in [6.07, 6.45) is 0. The summed E-state index contributed by atoms with van der Waals surface area (Å²) in [7, 11) is 0. The van der Waals surface area contributed by atoms with Crippen LogP contribution in [0.15, 0.2) is 112 Å². The van der Waals surface area contributed by atoms with Crippen molar-refractivity contribution in [2.75, 3.05) is 0 Å². The van der Waals surface area contributed by atoms with Crippen LogP contribution in [-0.2, 0) is 0 Å². The number of hydrogen-bond acceptors (Lipinski definition) is 1. The van der Waals surface area contributed by atoms with Crippen LogP contribution in [0.1, 0.15) is 0 Å². The van der Waals surface area contributed by atoms with Crippen molar-refractivity contribution in [3.8, 4) is 22.5 Å². The van der Waals surface area contributed by atoms with Gasteiger partial charge >= 0.3 is 0 Å². The first-order valence-corrected chi connectivity index (χ1v) is 10.8. The number of rotatable bonds is 2. The Bertz CT molecular complexity index is 1530. The maximum absolute atomic E-state index is 6.69. The molecule has 1 aromatic heterocycles. The number of fused-ring (bicyclic) bond motifs is 6. The van der Waals surface area contributed by atoms with Crippen LogP contribution in [0, 0.1) is 0 Å². The first-order valence-electron chi connectivity index (χ1n) is 9.98. The Morgan fingerprint density at radius 1 is 0.500 bits per heavy atom. The van der Waals surface area contributed by atoms with Gasteiger partial charge in [0.15, 0.2) is 0 Å². The second-order valence-corrected chi connectivity index (χ2v) is 8.39. The summed E-state index contributed by atoms with van der Waals surface area (Å²) in [5, 5.41) is 6.01. The number of benzene rings is 5. The molecule has 0 fully saturated rings. The standard InChI is InChI=1S/C28H17BrO/c29-20-16-14-19(15-17-20)27-25(18-8-2-1-3-9-18)26-23-12-6-4-10-21(23)22-11-5-7-13-24(22)28(26)30-27/h1-17H. The number of hydrogen-bond donors (Lipinski definition) is 0. The SMILES string of the molecule is Brc1ccc(-c2oc3c4ccccc4c4ccccc4c3c2-c2ccccc2)cc1. The lowest BCUT2D eigenvalue weighted by molar-refractivity contribution is 0.636. The third-order valence-electron chi connectivity index (χ3n) is 5.74. The van der Waals surface area contributed by atoms with Crippen LogP contribution in [0.3, 0.4) is 0 Å². The molecule has 0 spiro atoms. The largest absolute Gasteiger partial charge is 0.455 e. The molecule has 0 atom stereocenters. The van der Waals surface area contributed by atoms with E-state index >= 15 is 0 Å². The molecule has 0 aliphatic rings. The average Bonchev–Trinajstić information content (AvgIpc) is 3.21. The third kappa shape index (κ3) is 2.61. The van der Waals surface area contributed by atoms with E-state index in [4.69, 9.17) is 4.42 Å². The van der Waals surface area contributed by atoms with Crippen molar-refractivity contribution < 1.29 is 4.42 Å². The lowest BCUT2D eigenvalue weighted by atomic mass is 9.92. The zero-order chi connectivity index (χ0) is 20.1. The van der Waals surface area contributed by atoms with Gasteiger partial charge < -0.3 is 4.42 Å². The molecular formula is C28H17BrO. The van der Waals surface area contributed by atoms with Crippen LogP contribution in [0.4, 0.5) is 0 Å². The summed E-state index contributed by atoms with van der Waals surface area (Å²) < 4.78 is 7.74. The minimum absolute atomic E-state index is 0.908. The molecule has 2 heteroatoms. The lowest BCUT2D eigenvalue weighted by Crippen LogP contribution is -1.83.